The number of aryl methyl sites for hydroxylation is 1. The van der Waals surface area contributed by atoms with Gasteiger partial charge in [0, 0.05) is 11.1 Å². The molecule has 4 aromatic rings. The van der Waals surface area contributed by atoms with Gasteiger partial charge in [-0.05, 0) is 44.2 Å². The number of nitrogens with zero attached hydrogens (tertiary/aromatic N) is 4. The normalized spacial score (nSPS) is 10.9. The van der Waals surface area contributed by atoms with Crippen LogP contribution in [0.15, 0.2) is 60.8 Å². The van der Waals surface area contributed by atoms with Crippen molar-refractivity contribution in [3.05, 3.63) is 88.6 Å². The summed E-state index contributed by atoms with van der Waals surface area (Å²) in [5.74, 6) is -0.290. The van der Waals surface area contributed by atoms with E-state index < -0.39 is 5.82 Å². The Kier molecular flexibility index (Phi) is 4.90. The van der Waals surface area contributed by atoms with E-state index in [1.165, 1.54) is 16.9 Å². The molecule has 0 radical (unpaired) electrons. The molecular weight excluding hydrogens is 393 g/mol. The van der Waals surface area contributed by atoms with Gasteiger partial charge < -0.3 is 5.32 Å². The Morgan fingerprint density at radius 3 is 2.62 bits per heavy atom. The minimum Gasteiger partial charge on any atom is -0.306 e. The fourth-order valence-electron chi connectivity index (χ4n) is 3.08. The van der Waals surface area contributed by atoms with Gasteiger partial charge in [0.2, 0.25) is 0 Å². The van der Waals surface area contributed by atoms with Gasteiger partial charge in [-0.1, -0.05) is 29.8 Å². The van der Waals surface area contributed by atoms with Crippen molar-refractivity contribution in [2.45, 2.75) is 13.8 Å². The summed E-state index contributed by atoms with van der Waals surface area (Å²) in [5, 5.41) is 12.0. The van der Waals surface area contributed by atoms with Crippen LogP contribution in [0, 0.1) is 19.7 Å². The van der Waals surface area contributed by atoms with E-state index in [9.17, 15) is 9.18 Å². The Bertz CT molecular complexity index is 1210. The zero-order valence-electron chi connectivity index (χ0n) is 15.7. The monoisotopic (exact) mass is 409 g/mol. The summed E-state index contributed by atoms with van der Waals surface area (Å²) < 4.78 is 17.1. The first kappa shape index (κ1) is 18.9. The van der Waals surface area contributed by atoms with Crippen LogP contribution in [0.3, 0.4) is 0 Å². The molecule has 0 aliphatic carbocycles. The molecule has 0 aliphatic rings. The van der Waals surface area contributed by atoms with Crippen molar-refractivity contribution in [3.8, 4) is 11.4 Å². The van der Waals surface area contributed by atoms with Gasteiger partial charge in [0.15, 0.2) is 0 Å². The molecule has 0 saturated heterocycles. The van der Waals surface area contributed by atoms with E-state index in [0.29, 0.717) is 22.1 Å². The van der Waals surface area contributed by atoms with Crippen LogP contribution in [-0.2, 0) is 0 Å². The fraction of sp³-hybridized carbons (Fsp3) is 0.0952. The number of aromatic nitrogens is 4. The van der Waals surface area contributed by atoms with E-state index >= 15 is 0 Å². The Labute approximate surface area is 171 Å². The van der Waals surface area contributed by atoms with E-state index in [0.717, 1.165) is 11.4 Å². The molecule has 2 aromatic heterocycles. The number of hydrogen-bond acceptors (Lipinski definition) is 3. The summed E-state index contributed by atoms with van der Waals surface area (Å²) >= 11 is 6.08. The van der Waals surface area contributed by atoms with Crippen molar-refractivity contribution in [1.82, 2.24) is 19.6 Å². The number of rotatable bonds is 4. The number of amides is 1. The molecule has 0 saturated carbocycles. The van der Waals surface area contributed by atoms with Crippen LogP contribution in [0.25, 0.3) is 11.4 Å². The molecule has 8 heteroatoms. The van der Waals surface area contributed by atoms with Crippen LogP contribution in [0.4, 0.5) is 10.2 Å². The molecule has 0 unspecified atom stereocenters. The number of nitrogens with one attached hydrogen (secondary N) is 1. The van der Waals surface area contributed by atoms with Gasteiger partial charge in [-0.25, -0.2) is 13.8 Å². The highest BCUT2D eigenvalue weighted by Crippen LogP contribution is 2.22. The summed E-state index contributed by atoms with van der Waals surface area (Å²) in [5.41, 5.74) is 2.60. The zero-order valence-corrected chi connectivity index (χ0v) is 16.5. The zero-order chi connectivity index (χ0) is 20.5. The lowest BCUT2D eigenvalue weighted by Gasteiger charge is -2.10. The Balaban J connectivity index is 1.66. The molecule has 146 valence electrons. The second-order valence-corrected chi connectivity index (χ2v) is 6.96. The van der Waals surface area contributed by atoms with Gasteiger partial charge in [0.1, 0.15) is 17.3 Å². The lowest BCUT2D eigenvalue weighted by atomic mass is 10.2. The van der Waals surface area contributed by atoms with E-state index in [2.05, 4.69) is 15.5 Å². The Hall–Kier alpha value is -3.45. The van der Waals surface area contributed by atoms with Crippen molar-refractivity contribution in [2.24, 2.45) is 0 Å². The van der Waals surface area contributed by atoms with Crippen LogP contribution >= 0.6 is 11.6 Å². The lowest BCUT2D eigenvalue weighted by molar-refractivity contribution is 0.102. The van der Waals surface area contributed by atoms with Crippen molar-refractivity contribution < 1.29 is 9.18 Å². The van der Waals surface area contributed by atoms with Crippen molar-refractivity contribution in [2.75, 3.05) is 5.32 Å². The average molecular weight is 410 g/mol. The number of benzene rings is 2. The van der Waals surface area contributed by atoms with E-state index in [4.69, 9.17) is 11.6 Å². The minimum atomic E-state index is -0.416. The number of halogens is 2. The molecule has 0 aliphatic heterocycles. The second-order valence-electron chi connectivity index (χ2n) is 6.52. The summed E-state index contributed by atoms with van der Waals surface area (Å²) in [6, 6.07) is 15.2. The molecular formula is C21H17ClFN5O. The predicted octanol–water partition coefficient (Wildman–Crippen LogP) is 4.72. The van der Waals surface area contributed by atoms with Gasteiger partial charge in [-0.2, -0.15) is 10.2 Å². The summed E-state index contributed by atoms with van der Waals surface area (Å²) in [6.45, 7) is 3.55. The number of carbonyl (C=O) groups excluding carboxylic acids is 1. The first-order chi connectivity index (χ1) is 13.9. The van der Waals surface area contributed by atoms with E-state index in [1.807, 2.05) is 19.1 Å². The summed E-state index contributed by atoms with van der Waals surface area (Å²) in [6.07, 6.45) is 1.42. The molecule has 0 atom stereocenters. The maximum Gasteiger partial charge on any atom is 0.260 e. The smallest absolute Gasteiger partial charge is 0.260 e. The summed E-state index contributed by atoms with van der Waals surface area (Å²) in [4.78, 5) is 12.9. The number of hydrogen-bond donors (Lipinski definition) is 1. The van der Waals surface area contributed by atoms with Crippen molar-refractivity contribution >= 4 is 23.3 Å². The average Bonchev–Trinajstić information content (AvgIpc) is 3.24. The largest absolute Gasteiger partial charge is 0.306 e. The van der Waals surface area contributed by atoms with Gasteiger partial charge in [-0.15, -0.1) is 0 Å². The third-order valence-corrected chi connectivity index (χ3v) is 4.70. The van der Waals surface area contributed by atoms with Gasteiger partial charge in [0.25, 0.3) is 5.91 Å². The Morgan fingerprint density at radius 1 is 1.07 bits per heavy atom. The molecule has 0 spiro atoms. The first-order valence-electron chi connectivity index (χ1n) is 8.87. The van der Waals surface area contributed by atoms with Crippen LogP contribution in [0.2, 0.25) is 5.02 Å². The standard InChI is InChI=1S/C21H17ClFN5O/c1-13-10-20(28(26-13)16-7-5-6-15(22)11-16)25-21(29)17-12-24-27(14(17)2)19-9-4-3-8-18(19)23/h3-12H,1-2H3,(H,25,29). The minimum absolute atomic E-state index is 0.281. The van der Waals surface area contributed by atoms with Gasteiger partial charge in [-0.3, -0.25) is 4.79 Å². The number of carbonyl (C=O) groups is 1. The highest BCUT2D eigenvalue weighted by Gasteiger charge is 2.19. The third kappa shape index (κ3) is 3.64. The number of anilines is 1. The molecule has 2 aromatic carbocycles. The van der Waals surface area contributed by atoms with Gasteiger partial charge in [0.05, 0.1) is 28.8 Å². The molecule has 0 fully saturated rings. The maximum atomic E-state index is 14.1. The summed E-state index contributed by atoms with van der Waals surface area (Å²) in [7, 11) is 0. The highest BCUT2D eigenvalue weighted by atomic mass is 35.5. The second kappa shape index (κ2) is 7.52. The van der Waals surface area contributed by atoms with Crippen LogP contribution in [0.5, 0.6) is 0 Å². The molecule has 0 bridgehead atoms. The molecule has 2 heterocycles. The SMILES string of the molecule is Cc1cc(NC(=O)c2cnn(-c3ccccc3F)c2C)n(-c2cccc(Cl)c2)n1. The fourth-order valence-corrected chi connectivity index (χ4v) is 3.26. The quantitative estimate of drug-likeness (QED) is 0.530. The Morgan fingerprint density at radius 2 is 1.86 bits per heavy atom. The van der Waals surface area contributed by atoms with Crippen molar-refractivity contribution in [1.29, 1.82) is 0 Å². The van der Waals surface area contributed by atoms with Crippen LogP contribution in [0.1, 0.15) is 21.7 Å². The maximum absolute atomic E-state index is 14.1. The predicted molar refractivity (Wildman–Crippen MR) is 110 cm³/mol. The molecule has 1 N–H and O–H groups in total. The lowest BCUT2D eigenvalue weighted by Crippen LogP contribution is -2.16. The van der Waals surface area contributed by atoms with Gasteiger partial charge >= 0.3 is 0 Å². The third-order valence-electron chi connectivity index (χ3n) is 4.46. The van der Waals surface area contributed by atoms with Crippen LogP contribution < -0.4 is 5.32 Å². The highest BCUT2D eigenvalue weighted by molar-refractivity contribution is 6.30. The first-order valence-corrected chi connectivity index (χ1v) is 9.25. The number of para-hydroxylation sites is 1. The topological polar surface area (TPSA) is 64.7 Å². The molecule has 1 amide bonds. The molecule has 6 nitrogen and oxygen atoms in total. The molecule has 4 rings (SSSR count). The van der Waals surface area contributed by atoms with Crippen molar-refractivity contribution in [3.63, 3.8) is 0 Å². The van der Waals surface area contributed by atoms with Crippen LogP contribution in [-0.4, -0.2) is 25.5 Å². The molecule has 29 heavy (non-hydrogen) atoms. The van der Waals surface area contributed by atoms with E-state index in [1.54, 1.807) is 48.0 Å². The van der Waals surface area contributed by atoms with E-state index in [-0.39, 0.29) is 11.6 Å².